The maximum Gasteiger partial charge on any atom is 0.261 e. The molecule has 0 unspecified atom stereocenters. The van der Waals surface area contributed by atoms with E-state index in [4.69, 9.17) is 40.2 Å². The van der Waals surface area contributed by atoms with Gasteiger partial charge >= 0.3 is 0 Å². The lowest BCUT2D eigenvalue weighted by Crippen LogP contribution is -2.34. The summed E-state index contributed by atoms with van der Waals surface area (Å²) in [4.78, 5) is 12.3. The zero-order valence-corrected chi connectivity index (χ0v) is 15.7. The van der Waals surface area contributed by atoms with E-state index in [1.807, 2.05) is 0 Å². The number of carbonyl (C=O) groups excluding carboxylic acids is 1. The molecule has 0 bridgehead atoms. The predicted octanol–water partition coefficient (Wildman–Crippen LogP) is 4.89. The first-order chi connectivity index (χ1) is 10.9. The molecule has 0 heterocycles. The fraction of sp³-hybridized carbons (Fsp3) is 0.0667. The van der Waals surface area contributed by atoms with E-state index in [-0.39, 0.29) is 5.11 Å². The largest absolute Gasteiger partial charge is 0.496 e. The molecule has 0 spiro atoms. The molecule has 2 aromatic rings. The van der Waals surface area contributed by atoms with E-state index in [2.05, 4.69) is 26.6 Å². The Hall–Kier alpha value is -1.34. The summed E-state index contributed by atoms with van der Waals surface area (Å²) in [5.74, 6) is 0.0491. The molecule has 0 aromatic heterocycles. The topological polar surface area (TPSA) is 50.4 Å². The van der Waals surface area contributed by atoms with E-state index < -0.39 is 5.91 Å². The lowest BCUT2D eigenvalue weighted by Gasteiger charge is -2.12. The summed E-state index contributed by atoms with van der Waals surface area (Å²) in [6.07, 6.45) is 0. The van der Waals surface area contributed by atoms with Crippen LogP contribution in [0.25, 0.3) is 0 Å². The van der Waals surface area contributed by atoms with Gasteiger partial charge in [-0.15, -0.1) is 0 Å². The number of hydrogen-bond donors (Lipinski definition) is 2. The van der Waals surface area contributed by atoms with Gasteiger partial charge in [0, 0.05) is 20.2 Å². The van der Waals surface area contributed by atoms with Crippen molar-refractivity contribution in [1.82, 2.24) is 5.32 Å². The summed E-state index contributed by atoms with van der Waals surface area (Å²) in [6, 6.07) is 10.00. The van der Waals surface area contributed by atoms with Crippen LogP contribution in [-0.2, 0) is 0 Å². The van der Waals surface area contributed by atoms with Gasteiger partial charge in [0.2, 0.25) is 0 Å². The van der Waals surface area contributed by atoms with Crippen molar-refractivity contribution in [3.8, 4) is 5.75 Å². The second kappa shape index (κ2) is 7.97. The average Bonchev–Trinajstić information content (AvgIpc) is 2.45. The molecule has 0 atom stereocenters. The summed E-state index contributed by atoms with van der Waals surface area (Å²) in [6.45, 7) is 0. The summed E-state index contributed by atoms with van der Waals surface area (Å²) < 4.78 is 5.93. The molecule has 0 saturated heterocycles. The standard InChI is InChI=1S/C15H11BrCl2N2O2S/c1-22-13-3-2-8(16)4-12(13)14(21)20-15(23)19-11-6-9(17)5-10(18)7-11/h2-7H,1H3,(H2,19,20,21,23). The Bertz CT molecular complexity index is 751. The molecule has 8 heteroatoms. The van der Waals surface area contributed by atoms with Gasteiger partial charge in [0.1, 0.15) is 5.75 Å². The minimum atomic E-state index is -0.395. The van der Waals surface area contributed by atoms with Gasteiger partial charge in [0.25, 0.3) is 5.91 Å². The van der Waals surface area contributed by atoms with Crippen molar-refractivity contribution in [3.05, 3.63) is 56.5 Å². The molecule has 0 fully saturated rings. The first-order valence-electron chi connectivity index (χ1n) is 6.31. The molecule has 0 aliphatic rings. The van der Waals surface area contributed by atoms with Crippen molar-refractivity contribution in [1.29, 1.82) is 0 Å². The lowest BCUT2D eigenvalue weighted by molar-refractivity contribution is 0.0974. The van der Waals surface area contributed by atoms with Crippen LogP contribution < -0.4 is 15.4 Å². The highest BCUT2D eigenvalue weighted by Crippen LogP contribution is 2.24. The van der Waals surface area contributed by atoms with Crippen LogP contribution in [0.2, 0.25) is 10.0 Å². The average molecular weight is 434 g/mol. The fourth-order valence-electron chi connectivity index (χ4n) is 1.82. The molecular formula is C15H11BrCl2N2O2S. The number of hydrogen-bond acceptors (Lipinski definition) is 3. The molecule has 0 saturated carbocycles. The Balaban J connectivity index is 2.11. The van der Waals surface area contributed by atoms with Crippen molar-refractivity contribution in [3.63, 3.8) is 0 Å². The van der Waals surface area contributed by atoms with Crippen LogP contribution in [0.4, 0.5) is 5.69 Å². The molecule has 2 rings (SSSR count). The van der Waals surface area contributed by atoms with E-state index in [0.29, 0.717) is 27.0 Å². The zero-order chi connectivity index (χ0) is 17.0. The number of benzene rings is 2. The number of thiocarbonyl (C=S) groups is 1. The van der Waals surface area contributed by atoms with Gasteiger partial charge in [-0.3, -0.25) is 10.1 Å². The Morgan fingerprint density at radius 3 is 2.43 bits per heavy atom. The minimum absolute atomic E-state index is 0.121. The Morgan fingerprint density at radius 1 is 1.17 bits per heavy atom. The van der Waals surface area contributed by atoms with Crippen molar-refractivity contribution in [2.24, 2.45) is 0 Å². The van der Waals surface area contributed by atoms with Gasteiger partial charge in [-0.2, -0.15) is 0 Å². The number of anilines is 1. The third-order valence-electron chi connectivity index (χ3n) is 2.75. The van der Waals surface area contributed by atoms with Crippen molar-refractivity contribution in [2.75, 3.05) is 12.4 Å². The van der Waals surface area contributed by atoms with Crippen LogP contribution >= 0.6 is 51.3 Å². The van der Waals surface area contributed by atoms with Gasteiger partial charge in [0.15, 0.2) is 5.11 Å². The summed E-state index contributed by atoms with van der Waals surface area (Å²) in [5, 5.41) is 6.48. The number of methoxy groups -OCH3 is 1. The van der Waals surface area contributed by atoms with Gasteiger partial charge in [0.05, 0.1) is 12.7 Å². The van der Waals surface area contributed by atoms with Crippen LogP contribution in [0.3, 0.4) is 0 Å². The van der Waals surface area contributed by atoms with Gasteiger partial charge in [-0.25, -0.2) is 0 Å². The smallest absolute Gasteiger partial charge is 0.261 e. The number of rotatable bonds is 3. The zero-order valence-electron chi connectivity index (χ0n) is 11.8. The Morgan fingerprint density at radius 2 is 1.83 bits per heavy atom. The third-order valence-corrected chi connectivity index (χ3v) is 3.89. The van der Waals surface area contributed by atoms with Gasteiger partial charge in [-0.1, -0.05) is 39.1 Å². The molecule has 2 N–H and O–H groups in total. The predicted molar refractivity (Wildman–Crippen MR) is 101 cm³/mol. The monoisotopic (exact) mass is 432 g/mol. The summed E-state index contributed by atoms with van der Waals surface area (Å²) >= 11 is 20.3. The van der Waals surface area contributed by atoms with Crippen LogP contribution in [0.15, 0.2) is 40.9 Å². The van der Waals surface area contributed by atoms with Gasteiger partial charge in [-0.05, 0) is 48.6 Å². The van der Waals surface area contributed by atoms with Crippen LogP contribution in [-0.4, -0.2) is 18.1 Å². The molecule has 1 amide bonds. The lowest BCUT2D eigenvalue weighted by atomic mass is 10.2. The number of carbonyl (C=O) groups is 1. The quantitative estimate of drug-likeness (QED) is 0.676. The van der Waals surface area contributed by atoms with Crippen molar-refractivity contribution >= 4 is 68.1 Å². The fourth-order valence-corrected chi connectivity index (χ4v) is 2.91. The van der Waals surface area contributed by atoms with E-state index in [1.165, 1.54) is 7.11 Å². The maximum atomic E-state index is 12.3. The Labute approximate surface area is 157 Å². The SMILES string of the molecule is COc1ccc(Br)cc1C(=O)NC(=S)Nc1cc(Cl)cc(Cl)c1. The van der Waals surface area contributed by atoms with Crippen molar-refractivity contribution < 1.29 is 9.53 Å². The summed E-state index contributed by atoms with van der Waals surface area (Å²) in [7, 11) is 1.49. The second-order valence-electron chi connectivity index (χ2n) is 4.41. The molecule has 23 heavy (non-hydrogen) atoms. The molecule has 0 aliphatic heterocycles. The highest BCUT2D eigenvalue weighted by atomic mass is 79.9. The molecule has 4 nitrogen and oxygen atoms in total. The van der Waals surface area contributed by atoms with E-state index in [9.17, 15) is 4.79 Å². The number of halogens is 3. The first-order valence-corrected chi connectivity index (χ1v) is 8.26. The van der Waals surface area contributed by atoms with Gasteiger partial charge < -0.3 is 10.1 Å². The molecular weight excluding hydrogens is 423 g/mol. The van der Waals surface area contributed by atoms with E-state index >= 15 is 0 Å². The molecule has 120 valence electrons. The maximum absolute atomic E-state index is 12.3. The molecule has 2 aromatic carbocycles. The normalized spacial score (nSPS) is 10.1. The van der Waals surface area contributed by atoms with Crippen LogP contribution in [0.1, 0.15) is 10.4 Å². The van der Waals surface area contributed by atoms with Crippen LogP contribution in [0, 0.1) is 0 Å². The third kappa shape index (κ3) is 5.07. The summed E-state index contributed by atoms with van der Waals surface area (Å²) in [5.41, 5.74) is 0.934. The number of ether oxygens (including phenoxy) is 1. The Kier molecular flexibility index (Phi) is 6.24. The van der Waals surface area contributed by atoms with Crippen molar-refractivity contribution in [2.45, 2.75) is 0 Å². The van der Waals surface area contributed by atoms with E-state index in [1.54, 1.807) is 36.4 Å². The molecule has 0 radical (unpaired) electrons. The first kappa shape index (κ1) is 18.0. The number of amides is 1. The highest BCUT2D eigenvalue weighted by molar-refractivity contribution is 9.10. The molecule has 0 aliphatic carbocycles. The number of nitrogens with one attached hydrogen (secondary N) is 2. The van der Waals surface area contributed by atoms with Crippen LogP contribution in [0.5, 0.6) is 5.75 Å². The minimum Gasteiger partial charge on any atom is -0.496 e. The highest BCUT2D eigenvalue weighted by Gasteiger charge is 2.14. The van der Waals surface area contributed by atoms with E-state index in [0.717, 1.165) is 4.47 Å². The second-order valence-corrected chi connectivity index (χ2v) is 6.61.